The molecule has 2 rings (SSSR count). The van der Waals surface area contributed by atoms with Gasteiger partial charge in [-0.15, -0.1) is 0 Å². The van der Waals surface area contributed by atoms with E-state index >= 15 is 0 Å². The predicted octanol–water partition coefficient (Wildman–Crippen LogP) is 1.99. The highest BCUT2D eigenvalue weighted by atomic mass is 19.1. The fourth-order valence-electron chi connectivity index (χ4n) is 2.09. The van der Waals surface area contributed by atoms with Gasteiger partial charge in [-0.2, -0.15) is 4.39 Å². The normalized spacial score (nSPS) is 19.4. The second kappa shape index (κ2) is 2.76. The summed E-state index contributed by atoms with van der Waals surface area (Å²) in [5.41, 5.74) is 6.95. The Balaban J connectivity index is 2.36. The van der Waals surface area contributed by atoms with E-state index in [2.05, 4.69) is 4.98 Å². The van der Waals surface area contributed by atoms with Crippen molar-refractivity contribution in [3.05, 3.63) is 29.8 Å². The van der Waals surface area contributed by atoms with Crippen LogP contribution in [0.4, 0.5) is 4.39 Å². The molecule has 1 saturated carbocycles. The van der Waals surface area contributed by atoms with E-state index in [9.17, 15) is 4.39 Å². The molecule has 0 aliphatic heterocycles. The summed E-state index contributed by atoms with van der Waals surface area (Å²) in [4.78, 5) is 3.68. The van der Waals surface area contributed by atoms with Crippen molar-refractivity contribution in [2.75, 3.05) is 0 Å². The van der Waals surface area contributed by atoms with Crippen LogP contribution in [0.1, 0.15) is 32.3 Å². The van der Waals surface area contributed by atoms with E-state index in [1.54, 1.807) is 12.3 Å². The zero-order chi connectivity index (χ0) is 10.4. The second-order valence-electron chi connectivity index (χ2n) is 4.67. The van der Waals surface area contributed by atoms with E-state index in [0.29, 0.717) is 0 Å². The molecule has 0 amide bonds. The molecule has 14 heavy (non-hydrogen) atoms. The van der Waals surface area contributed by atoms with Crippen molar-refractivity contribution in [3.63, 3.8) is 0 Å². The molecular formula is C11H15FN2. The third-order valence-electron chi connectivity index (χ3n) is 3.26. The highest BCUT2D eigenvalue weighted by Crippen LogP contribution is 2.54. The fraction of sp³-hybridized carbons (Fsp3) is 0.545. The molecule has 0 aromatic carbocycles. The molecule has 0 saturated heterocycles. The molecule has 1 aliphatic carbocycles. The summed E-state index contributed by atoms with van der Waals surface area (Å²) >= 11 is 0. The van der Waals surface area contributed by atoms with Crippen LogP contribution in [0.15, 0.2) is 18.3 Å². The van der Waals surface area contributed by atoms with E-state index in [-0.39, 0.29) is 11.0 Å². The first-order valence-corrected chi connectivity index (χ1v) is 4.87. The summed E-state index contributed by atoms with van der Waals surface area (Å²) in [6.07, 6.45) is 3.75. The first kappa shape index (κ1) is 9.59. The molecular weight excluding hydrogens is 179 g/mol. The molecule has 1 heterocycles. The average Bonchev–Trinajstić information content (AvgIpc) is 2.84. The lowest BCUT2D eigenvalue weighted by Crippen LogP contribution is -2.45. The van der Waals surface area contributed by atoms with Crippen molar-refractivity contribution >= 4 is 0 Å². The largest absolute Gasteiger partial charge is 0.325 e. The predicted molar refractivity (Wildman–Crippen MR) is 53.4 cm³/mol. The lowest BCUT2D eigenvalue weighted by Gasteiger charge is -2.30. The highest BCUT2D eigenvalue weighted by Gasteiger charge is 2.53. The standard InChI is InChI=1S/C11H15FN2/c1-10(2,13)11(5-6-11)8-3-4-9(12)14-7-8/h3-4,7H,5-6,13H2,1-2H3. The van der Waals surface area contributed by atoms with Crippen molar-refractivity contribution in [2.24, 2.45) is 5.73 Å². The van der Waals surface area contributed by atoms with Crippen LogP contribution in [-0.2, 0) is 5.41 Å². The van der Waals surface area contributed by atoms with Crippen LogP contribution in [0, 0.1) is 5.95 Å². The van der Waals surface area contributed by atoms with Gasteiger partial charge in [0.1, 0.15) is 0 Å². The van der Waals surface area contributed by atoms with Gasteiger partial charge in [0.15, 0.2) is 0 Å². The molecule has 0 bridgehead atoms. The maximum absolute atomic E-state index is 12.6. The molecule has 0 atom stereocenters. The van der Waals surface area contributed by atoms with E-state index < -0.39 is 5.95 Å². The Morgan fingerprint density at radius 3 is 2.43 bits per heavy atom. The molecule has 2 N–H and O–H groups in total. The number of aromatic nitrogens is 1. The number of nitrogens with two attached hydrogens (primary N) is 1. The minimum atomic E-state index is -0.431. The van der Waals surface area contributed by atoms with Crippen molar-refractivity contribution in [1.82, 2.24) is 4.98 Å². The molecule has 0 spiro atoms. The summed E-state index contributed by atoms with van der Waals surface area (Å²) in [6.45, 7) is 4.03. The van der Waals surface area contributed by atoms with Gasteiger partial charge >= 0.3 is 0 Å². The Bertz CT molecular complexity index is 333. The van der Waals surface area contributed by atoms with Gasteiger partial charge in [0.05, 0.1) is 0 Å². The first-order chi connectivity index (χ1) is 6.46. The molecule has 76 valence electrons. The minimum absolute atomic E-state index is 0.0215. The van der Waals surface area contributed by atoms with E-state index in [1.165, 1.54) is 6.07 Å². The quantitative estimate of drug-likeness (QED) is 0.731. The Morgan fingerprint density at radius 1 is 1.43 bits per heavy atom. The third-order valence-corrected chi connectivity index (χ3v) is 3.26. The van der Waals surface area contributed by atoms with E-state index in [1.807, 2.05) is 13.8 Å². The Morgan fingerprint density at radius 2 is 2.07 bits per heavy atom. The summed E-state index contributed by atoms with van der Waals surface area (Å²) in [5.74, 6) is -0.431. The average molecular weight is 194 g/mol. The topological polar surface area (TPSA) is 38.9 Å². The number of hydrogen-bond acceptors (Lipinski definition) is 2. The number of halogens is 1. The van der Waals surface area contributed by atoms with Crippen molar-refractivity contribution in [2.45, 2.75) is 37.6 Å². The summed E-state index contributed by atoms with van der Waals surface area (Å²) in [7, 11) is 0. The van der Waals surface area contributed by atoms with E-state index in [0.717, 1.165) is 18.4 Å². The monoisotopic (exact) mass is 194 g/mol. The molecule has 2 nitrogen and oxygen atoms in total. The maximum atomic E-state index is 12.6. The zero-order valence-corrected chi connectivity index (χ0v) is 8.55. The first-order valence-electron chi connectivity index (χ1n) is 4.87. The Kier molecular flexibility index (Phi) is 1.89. The van der Waals surface area contributed by atoms with Gasteiger partial charge in [-0.25, -0.2) is 4.98 Å². The summed E-state index contributed by atoms with van der Waals surface area (Å²) in [5, 5.41) is 0. The molecule has 1 aliphatic rings. The van der Waals surface area contributed by atoms with Crippen molar-refractivity contribution in [1.29, 1.82) is 0 Å². The van der Waals surface area contributed by atoms with Crippen LogP contribution >= 0.6 is 0 Å². The van der Waals surface area contributed by atoms with Crippen LogP contribution in [0.5, 0.6) is 0 Å². The smallest absolute Gasteiger partial charge is 0.212 e. The van der Waals surface area contributed by atoms with Crippen LogP contribution < -0.4 is 5.73 Å². The van der Waals surface area contributed by atoms with Gasteiger partial charge in [0.2, 0.25) is 5.95 Å². The minimum Gasteiger partial charge on any atom is -0.325 e. The lowest BCUT2D eigenvalue weighted by atomic mass is 9.80. The third kappa shape index (κ3) is 1.32. The van der Waals surface area contributed by atoms with Gasteiger partial charge in [-0.1, -0.05) is 6.07 Å². The number of pyridine rings is 1. The molecule has 0 unspecified atom stereocenters. The van der Waals surface area contributed by atoms with Crippen LogP contribution in [-0.4, -0.2) is 10.5 Å². The van der Waals surface area contributed by atoms with Gasteiger partial charge in [-0.3, -0.25) is 0 Å². The number of hydrogen-bond donors (Lipinski definition) is 1. The Labute approximate surface area is 83.3 Å². The van der Waals surface area contributed by atoms with Gasteiger partial charge in [0, 0.05) is 17.2 Å². The molecule has 1 aromatic rings. The van der Waals surface area contributed by atoms with E-state index in [4.69, 9.17) is 5.73 Å². The number of rotatable bonds is 2. The highest BCUT2D eigenvalue weighted by molar-refractivity contribution is 5.34. The van der Waals surface area contributed by atoms with Gasteiger partial charge in [-0.05, 0) is 38.3 Å². The molecule has 0 radical (unpaired) electrons. The molecule has 3 heteroatoms. The van der Waals surface area contributed by atoms with Crippen LogP contribution in [0.25, 0.3) is 0 Å². The van der Waals surface area contributed by atoms with Crippen molar-refractivity contribution < 1.29 is 4.39 Å². The summed E-state index contributed by atoms with van der Waals surface area (Å²) in [6, 6.07) is 3.20. The fourth-order valence-corrected chi connectivity index (χ4v) is 2.09. The zero-order valence-electron chi connectivity index (χ0n) is 8.55. The van der Waals surface area contributed by atoms with Gasteiger partial charge < -0.3 is 5.73 Å². The second-order valence-corrected chi connectivity index (χ2v) is 4.67. The SMILES string of the molecule is CC(C)(N)C1(c2ccc(F)nc2)CC1. The maximum Gasteiger partial charge on any atom is 0.212 e. The Hall–Kier alpha value is -0.960. The van der Waals surface area contributed by atoms with Crippen LogP contribution in [0.2, 0.25) is 0 Å². The van der Waals surface area contributed by atoms with Crippen LogP contribution in [0.3, 0.4) is 0 Å². The number of nitrogens with zero attached hydrogens (tertiary/aromatic N) is 1. The lowest BCUT2D eigenvalue weighted by molar-refractivity contribution is 0.389. The molecule has 1 fully saturated rings. The molecule has 1 aromatic heterocycles. The summed E-state index contributed by atoms with van der Waals surface area (Å²) < 4.78 is 12.6. The van der Waals surface area contributed by atoms with Gasteiger partial charge in [0.25, 0.3) is 0 Å². The van der Waals surface area contributed by atoms with Crippen molar-refractivity contribution in [3.8, 4) is 0 Å².